The zero-order valence-corrected chi connectivity index (χ0v) is 12.4. The average molecular weight is 311 g/mol. The third-order valence-corrected chi connectivity index (χ3v) is 4.88. The van der Waals surface area contributed by atoms with Gasteiger partial charge in [0.05, 0.1) is 10.6 Å². The maximum absolute atomic E-state index is 13.3. The normalized spacial score (nSPS) is 10.6. The number of benzene rings is 1. The van der Waals surface area contributed by atoms with E-state index >= 15 is 0 Å². The van der Waals surface area contributed by atoms with Gasteiger partial charge in [-0.1, -0.05) is 0 Å². The Hall–Kier alpha value is -1.57. The average Bonchev–Trinajstić information content (AvgIpc) is 2.80. The molecule has 4 nitrogen and oxygen atoms in total. The summed E-state index contributed by atoms with van der Waals surface area (Å²) >= 11 is 2.88. The lowest BCUT2D eigenvalue weighted by Crippen LogP contribution is -2.29. The van der Waals surface area contributed by atoms with E-state index in [2.05, 4.69) is 5.43 Å². The lowest BCUT2D eigenvalue weighted by Gasteiger charge is -2.03. The van der Waals surface area contributed by atoms with Crippen LogP contribution in [0.1, 0.15) is 20.1 Å². The van der Waals surface area contributed by atoms with Crippen LogP contribution in [-0.4, -0.2) is 5.91 Å². The monoisotopic (exact) mass is 311 g/mol. The molecule has 0 spiro atoms. The molecule has 1 aromatic carbocycles. The molecule has 1 amide bonds. The molecule has 0 aliphatic heterocycles. The fraction of sp³-hybridized carbons (Fsp3) is 0.154. The highest BCUT2D eigenvalue weighted by atomic mass is 32.2. The molecule has 106 valence electrons. The van der Waals surface area contributed by atoms with Crippen molar-refractivity contribution >= 4 is 34.7 Å². The number of rotatable bonds is 4. The van der Waals surface area contributed by atoms with Crippen LogP contribution in [0, 0.1) is 12.7 Å². The number of thioether (sulfide) groups is 1. The number of hydrazine groups is 1. The van der Waals surface area contributed by atoms with Gasteiger partial charge in [-0.15, -0.1) is 23.1 Å². The molecule has 0 saturated heterocycles. The summed E-state index contributed by atoms with van der Waals surface area (Å²) in [5.41, 5.74) is 8.72. The summed E-state index contributed by atoms with van der Waals surface area (Å²) in [7, 11) is 0. The Morgan fingerprint density at radius 3 is 2.85 bits per heavy atom. The number of nitrogens with one attached hydrogen (secondary N) is 1. The molecule has 0 atom stereocenters. The SMILES string of the molecule is Cc1sc(C(=O)NN)cc1CSc1ccc(N)c(F)c1. The van der Waals surface area contributed by atoms with Gasteiger partial charge in [0.15, 0.2) is 0 Å². The minimum atomic E-state index is -0.416. The Morgan fingerprint density at radius 2 is 2.20 bits per heavy atom. The summed E-state index contributed by atoms with van der Waals surface area (Å²) in [5.74, 6) is 5.05. The molecule has 7 heteroatoms. The molecule has 0 aliphatic rings. The van der Waals surface area contributed by atoms with E-state index in [9.17, 15) is 9.18 Å². The van der Waals surface area contributed by atoms with Crippen LogP contribution in [0.5, 0.6) is 0 Å². The first-order valence-electron chi connectivity index (χ1n) is 5.79. The lowest BCUT2D eigenvalue weighted by atomic mass is 10.3. The van der Waals surface area contributed by atoms with Crippen LogP contribution in [0.25, 0.3) is 0 Å². The fourth-order valence-corrected chi connectivity index (χ4v) is 3.61. The van der Waals surface area contributed by atoms with E-state index in [0.717, 1.165) is 15.3 Å². The highest BCUT2D eigenvalue weighted by molar-refractivity contribution is 7.98. The quantitative estimate of drug-likeness (QED) is 0.267. The van der Waals surface area contributed by atoms with Crippen molar-refractivity contribution in [2.75, 3.05) is 5.73 Å². The summed E-state index contributed by atoms with van der Waals surface area (Å²) < 4.78 is 13.3. The van der Waals surface area contributed by atoms with Crippen molar-refractivity contribution in [1.29, 1.82) is 0 Å². The molecule has 0 radical (unpaired) electrons. The van der Waals surface area contributed by atoms with E-state index in [4.69, 9.17) is 11.6 Å². The van der Waals surface area contributed by atoms with E-state index in [0.29, 0.717) is 10.6 Å². The number of nitrogens with two attached hydrogens (primary N) is 2. The number of amides is 1. The van der Waals surface area contributed by atoms with Gasteiger partial charge in [0, 0.05) is 15.5 Å². The van der Waals surface area contributed by atoms with Crippen molar-refractivity contribution in [3.63, 3.8) is 0 Å². The molecule has 0 saturated carbocycles. The first-order valence-corrected chi connectivity index (χ1v) is 7.59. The fourth-order valence-electron chi connectivity index (χ4n) is 1.60. The Bertz CT molecular complexity index is 643. The number of thiophene rings is 1. The van der Waals surface area contributed by atoms with Crippen molar-refractivity contribution in [2.45, 2.75) is 17.6 Å². The van der Waals surface area contributed by atoms with Gasteiger partial charge in [0.2, 0.25) is 0 Å². The predicted molar refractivity (Wildman–Crippen MR) is 81.1 cm³/mol. The first-order chi connectivity index (χ1) is 9.51. The molecule has 0 fully saturated rings. The van der Waals surface area contributed by atoms with E-state index in [1.807, 2.05) is 13.0 Å². The van der Waals surface area contributed by atoms with Crippen LogP contribution in [0.3, 0.4) is 0 Å². The molecular formula is C13H14FN3OS2. The van der Waals surface area contributed by atoms with E-state index in [1.165, 1.54) is 29.2 Å². The largest absolute Gasteiger partial charge is 0.396 e. The Morgan fingerprint density at radius 1 is 1.45 bits per heavy atom. The maximum atomic E-state index is 13.3. The van der Waals surface area contributed by atoms with Gasteiger partial charge in [-0.05, 0) is 36.8 Å². The van der Waals surface area contributed by atoms with Gasteiger partial charge >= 0.3 is 0 Å². The number of carbonyl (C=O) groups excluding carboxylic acids is 1. The molecule has 20 heavy (non-hydrogen) atoms. The number of hydrogen-bond donors (Lipinski definition) is 3. The zero-order valence-electron chi connectivity index (χ0n) is 10.8. The summed E-state index contributed by atoms with van der Waals surface area (Å²) in [4.78, 5) is 13.9. The minimum Gasteiger partial charge on any atom is -0.396 e. The van der Waals surface area contributed by atoms with Crippen LogP contribution in [0.4, 0.5) is 10.1 Å². The Kier molecular flexibility index (Phi) is 4.64. The van der Waals surface area contributed by atoms with Gasteiger partial charge in [-0.25, -0.2) is 10.2 Å². The lowest BCUT2D eigenvalue weighted by molar-refractivity contribution is 0.0957. The number of aryl methyl sites for hydroxylation is 1. The minimum absolute atomic E-state index is 0.142. The maximum Gasteiger partial charge on any atom is 0.275 e. The van der Waals surface area contributed by atoms with Gasteiger partial charge < -0.3 is 5.73 Å². The zero-order chi connectivity index (χ0) is 14.7. The van der Waals surface area contributed by atoms with Crippen LogP contribution < -0.4 is 17.0 Å². The van der Waals surface area contributed by atoms with Crippen molar-refractivity contribution < 1.29 is 9.18 Å². The molecule has 2 aromatic rings. The number of carbonyl (C=O) groups is 1. The Labute approximate surface area is 124 Å². The molecule has 1 aromatic heterocycles. The van der Waals surface area contributed by atoms with Gasteiger partial charge in [-0.2, -0.15) is 0 Å². The molecule has 0 aliphatic carbocycles. The second-order valence-corrected chi connectivity index (χ2v) is 6.44. The third kappa shape index (κ3) is 3.30. The highest BCUT2D eigenvalue weighted by Gasteiger charge is 2.11. The topological polar surface area (TPSA) is 81.1 Å². The van der Waals surface area contributed by atoms with Gasteiger partial charge in [-0.3, -0.25) is 10.2 Å². The van der Waals surface area contributed by atoms with Crippen molar-refractivity contribution in [2.24, 2.45) is 5.84 Å². The standard InChI is InChI=1S/C13H14FN3OS2/c1-7-8(4-12(20-7)13(18)17-16)6-19-9-2-3-11(15)10(14)5-9/h2-5H,6,15-16H2,1H3,(H,17,18). The van der Waals surface area contributed by atoms with Crippen LogP contribution in [0.15, 0.2) is 29.2 Å². The second-order valence-electron chi connectivity index (χ2n) is 4.14. The molecule has 0 bridgehead atoms. The van der Waals surface area contributed by atoms with Crippen molar-refractivity contribution in [3.05, 3.63) is 45.4 Å². The van der Waals surface area contributed by atoms with Gasteiger partial charge in [0.1, 0.15) is 5.82 Å². The second kappa shape index (κ2) is 6.25. The highest BCUT2D eigenvalue weighted by Crippen LogP contribution is 2.30. The molecule has 2 rings (SSSR count). The smallest absolute Gasteiger partial charge is 0.275 e. The van der Waals surface area contributed by atoms with E-state index < -0.39 is 5.82 Å². The van der Waals surface area contributed by atoms with Crippen molar-refractivity contribution in [1.82, 2.24) is 5.43 Å². The van der Waals surface area contributed by atoms with E-state index in [1.54, 1.807) is 12.1 Å². The Balaban J connectivity index is 2.08. The van der Waals surface area contributed by atoms with Gasteiger partial charge in [0.25, 0.3) is 5.91 Å². The number of nitrogen functional groups attached to an aromatic ring is 2. The van der Waals surface area contributed by atoms with Crippen LogP contribution in [0.2, 0.25) is 0 Å². The van der Waals surface area contributed by atoms with Crippen LogP contribution in [-0.2, 0) is 5.75 Å². The third-order valence-electron chi connectivity index (χ3n) is 2.74. The van der Waals surface area contributed by atoms with Crippen molar-refractivity contribution in [3.8, 4) is 0 Å². The molecule has 0 unspecified atom stereocenters. The predicted octanol–water partition coefficient (Wildman–Crippen LogP) is 2.67. The summed E-state index contributed by atoms with van der Waals surface area (Å²) in [6.45, 7) is 1.94. The molecule has 5 N–H and O–H groups in total. The first kappa shape index (κ1) is 14.8. The number of anilines is 1. The summed E-state index contributed by atoms with van der Waals surface area (Å²) in [6, 6.07) is 6.54. The summed E-state index contributed by atoms with van der Waals surface area (Å²) in [6.07, 6.45) is 0. The molecular weight excluding hydrogens is 297 g/mol. The summed E-state index contributed by atoms with van der Waals surface area (Å²) in [5, 5.41) is 0. The number of halogens is 1. The van der Waals surface area contributed by atoms with Crippen LogP contribution >= 0.6 is 23.1 Å². The van der Waals surface area contributed by atoms with E-state index in [-0.39, 0.29) is 11.6 Å². The molecule has 1 heterocycles. The number of hydrogen-bond acceptors (Lipinski definition) is 5.